The summed E-state index contributed by atoms with van der Waals surface area (Å²) in [5.41, 5.74) is 0.752. The van der Waals surface area contributed by atoms with Crippen molar-refractivity contribution in [2.24, 2.45) is 5.92 Å². The molecule has 1 aromatic carbocycles. The summed E-state index contributed by atoms with van der Waals surface area (Å²) in [6.45, 7) is 6.94. The topological polar surface area (TPSA) is 55.2 Å². The normalized spacial score (nSPS) is 12.7. The van der Waals surface area contributed by atoms with Gasteiger partial charge in [-0.15, -0.1) is 0 Å². The molecule has 1 atom stereocenters. The van der Waals surface area contributed by atoms with Crippen LogP contribution >= 0.6 is 11.6 Å². The molecule has 19 heavy (non-hydrogen) atoms. The van der Waals surface area contributed by atoms with E-state index in [1.165, 1.54) is 6.07 Å². The SMILES string of the molecule is CC(C)CCC(C)NCc1cc(Cl)ccc1[N+](=O)[O-]. The molecule has 1 N–H and O–H groups in total. The molecule has 0 aliphatic carbocycles. The summed E-state index contributed by atoms with van der Waals surface area (Å²) in [7, 11) is 0. The molecule has 0 spiro atoms. The number of rotatable bonds is 7. The van der Waals surface area contributed by atoms with E-state index in [1.54, 1.807) is 12.1 Å². The zero-order chi connectivity index (χ0) is 14.4. The Morgan fingerprint density at radius 1 is 1.32 bits per heavy atom. The highest BCUT2D eigenvalue weighted by molar-refractivity contribution is 6.30. The zero-order valence-corrected chi connectivity index (χ0v) is 12.4. The van der Waals surface area contributed by atoms with E-state index in [2.05, 4.69) is 26.1 Å². The lowest BCUT2D eigenvalue weighted by molar-refractivity contribution is -0.385. The highest BCUT2D eigenvalue weighted by atomic mass is 35.5. The molecule has 0 fully saturated rings. The lowest BCUT2D eigenvalue weighted by Crippen LogP contribution is -2.26. The second-order valence-corrected chi connectivity index (χ2v) is 5.72. The van der Waals surface area contributed by atoms with Crippen LogP contribution in [-0.4, -0.2) is 11.0 Å². The van der Waals surface area contributed by atoms with Gasteiger partial charge in [0.15, 0.2) is 0 Å². The number of hydrogen-bond donors (Lipinski definition) is 1. The maximum absolute atomic E-state index is 10.9. The fraction of sp³-hybridized carbons (Fsp3) is 0.571. The Hall–Kier alpha value is -1.13. The Morgan fingerprint density at radius 2 is 2.00 bits per heavy atom. The Balaban J connectivity index is 2.61. The number of nitro groups is 1. The van der Waals surface area contributed by atoms with Crippen LogP contribution in [0.5, 0.6) is 0 Å². The third-order valence-corrected chi connectivity index (χ3v) is 3.29. The molecule has 0 aromatic heterocycles. The Kier molecular flexibility index (Phi) is 6.25. The number of hydrogen-bond acceptors (Lipinski definition) is 3. The highest BCUT2D eigenvalue weighted by Gasteiger charge is 2.14. The largest absolute Gasteiger partial charge is 0.310 e. The number of halogens is 1. The smallest absolute Gasteiger partial charge is 0.273 e. The molecule has 5 heteroatoms. The van der Waals surface area contributed by atoms with Gasteiger partial charge in [-0.25, -0.2) is 0 Å². The van der Waals surface area contributed by atoms with Gasteiger partial charge in [-0.1, -0.05) is 25.4 Å². The maximum Gasteiger partial charge on any atom is 0.273 e. The van der Waals surface area contributed by atoms with E-state index in [1.807, 2.05) is 0 Å². The average molecular weight is 285 g/mol. The van der Waals surface area contributed by atoms with Crippen LogP contribution in [0.3, 0.4) is 0 Å². The first kappa shape index (κ1) is 15.9. The van der Waals surface area contributed by atoms with Crippen LogP contribution in [0.4, 0.5) is 5.69 Å². The van der Waals surface area contributed by atoms with Gasteiger partial charge in [-0.05, 0) is 37.8 Å². The number of nitrogens with zero attached hydrogens (tertiary/aromatic N) is 1. The summed E-state index contributed by atoms with van der Waals surface area (Å²) < 4.78 is 0. The highest BCUT2D eigenvalue weighted by Crippen LogP contribution is 2.22. The monoisotopic (exact) mass is 284 g/mol. The molecule has 0 bridgehead atoms. The van der Waals surface area contributed by atoms with Gasteiger partial charge in [0, 0.05) is 29.2 Å². The van der Waals surface area contributed by atoms with Gasteiger partial charge in [0.25, 0.3) is 5.69 Å². The third-order valence-electron chi connectivity index (χ3n) is 3.06. The van der Waals surface area contributed by atoms with Gasteiger partial charge in [-0.2, -0.15) is 0 Å². The van der Waals surface area contributed by atoms with Crippen LogP contribution < -0.4 is 5.32 Å². The van der Waals surface area contributed by atoms with Gasteiger partial charge >= 0.3 is 0 Å². The minimum absolute atomic E-state index is 0.118. The van der Waals surface area contributed by atoms with E-state index in [9.17, 15) is 10.1 Å². The van der Waals surface area contributed by atoms with Crippen molar-refractivity contribution in [3.05, 3.63) is 38.9 Å². The molecule has 1 rings (SSSR count). The van der Waals surface area contributed by atoms with E-state index in [-0.39, 0.29) is 10.6 Å². The van der Waals surface area contributed by atoms with Crippen molar-refractivity contribution < 1.29 is 4.92 Å². The van der Waals surface area contributed by atoms with Crippen molar-refractivity contribution in [2.75, 3.05) is 0 Å². The minimum atomic E-state index is -0.369. The minimum Gasteiger partial charge on any atom is -0.310 e. The molecule has 0 saturated carbocycles. The summed E-state index contributed by atoms with van der Waals surface area (Å²) >= 11 is 5.89. The molecule has 1 aromatic rings. The Bertz CT molecular complexity index is 435. The van der Waals surface area contributed by atoms with Gasteiger partial charge in [0.2, 0.25) is 0 Å². The molecule has 0 heterocycles. The predicted octanol–water partition coefficient (Wildman–Crippen LogP) is 4.16. The molecule has 1 unspecified atom stereocenters. The van der Waals surface area contributed by atoms with E-state index in [0.29, 0.717) is 29.1 Å². The fourth-order valence-electron chi connectivity index (χ4n) is 1.84. The molecule has 0 amide bonds. The molecule has 0 saturated heterocycles. The van der Waals surface area contributed by atoms with Gasteiger partial charge in [0.1, 0.15) is 0 Å². The van der Waals surface area contributed by atoms with E-state index in [0.717, 1.165) is 12.8 Å². The van der Waals surface area contributed by atoms with Crippen LogP contribution in [0.15, 0.2) is 18.2 Å². The maximum atomic E-state index is 10.9. The predicted molar refractivity (Wildman–Crippen MR) is 78.5 cm³/mol. The van der Waals surface area contributed by atoms with Crippen molar-refractivity contribution in [2.45, 2.75) is 46.2 Å². The summed E-state index contributed by atoms with van der Waals surface area (Å²) in [4.78, 5) is 10.6. The van der Waals surface area contributed by atoms with Crippen LogP contribution in [0.25, 0.3) is 0 Å². The summed E-state index contributed by atoms with van der Waals surface area (Å²) in [6.07, 6.45) is 2.21. The van der Waals surface area contributed by atoms with Crippen molar-refractivity contribution >= 4 is 17.3 Å². The van der Waals surface area contributed by atoms with Crippen molar-refractivity contribution in [1.82, 2.24) is 5.32 Å². The van der Waals surface area contributed by atoms with Crippen molar-refractivity contribution in [3.63, 3.8) is 0 Å². The molecule has 0 radical (unpaired) electrons. The zero-order valence-electron chi connectivity index (χ0n) is 11.6. The quantitative estimate of drug-likeness (QED) is 0.604. The van der Waals surface area contributed by atoms with Crippen LogP contribution in [-0.2, 0) is 6.54 Å². The fourth-order valence-corrected chi connectivity index (χ4v) is 2.04. The lowest BCUT2D eigenvalue weighted by Gasteiger charge is -2.15. The Labute approximate surface area is 119 Å². The van der Waals surface area contributed by atoms with Gasteiger partial charge in [-0.3, -0.25) is 10.1 Å². The second kappa shape index (κ2) is 7.46. The first-order chi connectivity index (χ1) is 8.90. The number of benzene rings is 1. The molecule has 0 aliphatic rings. The second-order valence-electron chi connectivity index (χ2n) is 5.28. The third kappa shape index (κ3) is 5.57. The molecule has 0 aliphatic heterocycles. The molecule has 106 valence electrons. The lowest BCUT2D eigenvalue weighted by atomic mass is 10.0. The molecular weight excluding hydrogens is 264 g/mol. The summed E-state index contributed by atoms with van der Waals surface area (Å²) in [6, 6.07) is 4.99. The number of nitro benzene ring substituents is 1. The van der Waals surface area contributed by atoms with Crippen LogP contribution in [0.1, 0.15) is 39.2 Å². The van der Waals surface area contributed by atoms with Gasteiger partial charge < -0.3 is 5.32 Å². The van der Waals surface area contributed by atoms with Crippen LogP contribution in [0.2, 0.25) is 5.02 Å². The molecule has 4 nitrogen and oxygen atoms in total. The van der Waals surface area contributed by atoms with Crippen molar-refractivity contribution in [3.8, 4) is 0 Å². The first-order valence-corrected chi connectivity index (χ1v) is 6.94. The Morgan fingerprint density at radius 3 is 2.58 bits per heavy atom. The number of nitrogens with one attached hydrogen (secondary N) is 1. The summed E-state index contributed by atoms with van der Waals surface area (Å²) in [5, 5.41) is 14.8. The van der Waals surface area contributed by atoms with Gasteiger partial charge in [0.05, 0.1) is 4.92 Å². The van der Waals surface area contributed by atoms with E-state index < -0.39 is 0 Å². The van der Waals surface area contributed by atoms with Crippen molar-refractivity contribution in [1.29, 1.82) is 0 Å². The van der Waals surface area contributed by atoms with Crippen LogP contribution in [0, 0.1) is 16.0 Å². The standard InChI is InChI=1S/C14H21ClN2O2/c1-10(2)4-5-11(3)16-9-12-8-13(15)6-7-14(12)17(18)19/h6-8,10-11,16H,4-5,9H2,1-3H3. The van der Waals surface area contributed by atoms with E-state index >= 15 is 0 Å². The average Bonchev–Trinajstić information content (AvgIpc) is 2.33. The summed E-state index contributed by atoms with van der Waals surface area (Å²) in [5.74, 6) is 0.671. The molecular formula is C14H21ClN2O2. The van der Waals surface area contributed by atoms with E-state index in [4.69, 9.17) is 11.6 Å². The first-order valence-electron chi connectivity index (χ1n) is 6.56.